The zero-order valence-electron chi connectivity index (χ0n) is 11.1. The largest absolute Gasteiger partial charge is 0.481 e. The monoisotopic (exact) mass is 315 g/mol. The lowest BCUT2D eigenvalue weighted by molar-refractivity contribution is -0.141. The quantitative estimate of drug-likeness (QED) is 0.817. The van der Waals surface area contributed by atoms with Gasteiger partial charge in [0, 0.05) is 10.8 Å². The topological polar surface area (TPSA) is 66.4 Å². The number of thioether (sulfide) groups is 1. The summed E-state index contributed by atoms with van der Waals surface area (Å²) >= 11 is 0.373. The summed E-state index contributed by atoms with van der Waals surface area (Å²) in [6.45, 7) is 0. The third-order valence-electron chi connectivity index (χ3n) is 3.51. The Morgan fingerprint density at radius 1 is 1.24 bits per heavy atom. The summed E-state index contributed by atoms with van der Waals surface area (Å²) in [5.74, 6) is -4.63. The van der Waals surface area contributed by atoms with Gasteiger partial charge in [-0.05, 0) is 31.4 Å². The summed E-state index contributed by atoms with van der Waals surface area (Å²) in [6, 6.07) is 6.35. The van der Waals surface area contributed by atoms with Crippen LogP contribution in [0.15, 0.2) is 29.2 Å². The normalized spacial score (nSPS) is 21.5. The van der Waals surface area contributed by atoms with Gasteiger partial charge in [0.25, 0.3) is 5.76 Å². The van der Waals surface area contributed by atoms with Crippen molar-refractivity contribution in [2.75, 3.05) is 5.32 Å². The Morgan fingerprint density at radius 3 is 2.52 bits per heavy atom. The first-order chi connectivity index (χ1) is 9.97. The number of carboxylic acid groups (broad SMARTS) is 1. The van der Waals surface area contributed by atoms with Gasteiger partial charge in [-0.1, -0.05) is 23.9 Å². The molecule has 1 aromatic carbocycles. The highest BCUT2D eigenvalue weighted by molar-refractivity contribution is 7.99. The maximum Gasteiger partial charge on any atom is 0.306 e. The number of hydrogen-bond acceptors (Lipinski definition) is 3. The van der Waals surface area contributed by atoms with Crippen molar-refractivity contribution in [1.82, 2.24) is 0 Å². The van der Waals surface area contributed by atoms with Gasteiger partial charge < -0.3 is 10.4 Å². The van der Waals surface area contributed by atoms with Crippen molar-refractivity contribution in [1.29, 1.82) is 0 Å². The van der Waals surface area contributed by atoms with Gasteiger partial charge in [-0.3, -0.25) is 9.59 Å². The number of rotatable bonds is 5. The van der Waals surface area contributed by atoms with Crippen LogP contribution in [0.2, 0.25) is 0 Å². The van der Waals surface area contributed by atoms with Crippen molar-refractivity contribution in [2.45, 2.75) is 29.9 Å². The smallest absolute Gasteiger partial charge is 0.306 e. The van der Waals surface area contributed by atoms with E-state index in [1.165, 1.54) is 6.07 Å². The molecule has 1 amide bonds. The summed E-state index contributed by atoms with van der Waals surface area (Å²) in [4.78, 5) is 23.3. The summed E-state index contributed by atoms with van der Waals surface area (Å²) in [5, 5.41) is 11.6. The number of hydrogen-bond donors (Lipinski definition) is 2. The van der Waals surface area contributed by atoms with Crippen LogP contribution in [-0.4, -0.2) is 22.7 Å². The first-order valence-electron chi connectivity index (χ1n) is 6.55. The lowest BCUT2D eigenvalue weighted by atomic mass is 10.0. The van der Waals surface area contributed by atoms with Crippen LogP contribution >= 0.6 is 11.8 Å². The van der Waals surface area contributed by atoms with Gasteiger partial charge in [0.2, 0.25) is 5.91 Å². The van der Waals surface area contributed by atoms with E-state index in [0.29, 0.717) is 41.6 Å². The molecule has 4 nitrogen and oxygen atoms in total. The molecule has 21 heavy (non-hydrogen) atoms. The molecule has 2 N–H and O–H groups in total. The van der Waals surface area contributed by atoms with E-state index in [0.717, 1.165) is 0 Å². The fourth-order valence-electron chi connectivity index (χ4n) is 2.45. The van der Waals surface area contributed by atoms with E-state index in [1.54, 1.807) is 18.2 Å². The van der Waals surface area contributed by atoms with Crippen molar-refractivity contribution >= 4 is 29.3 Å². The van der Waals surface area contributed by atoms with Gasteiger partial charge in [0.1, 0.15) is 0 Å². The number of benzene rings is 1. The van der Waals surface area contributed by atoms with Crippen molar-refractivity contribution in [3.63, 3.8) is 0 Å². The molecule has 0 heterocycles. The van der Waals surface area contributed by atoms with Gasteiger partial charge in [-0.2, -0.15) is 8.78 Å². The number of carbonyl (C=O) groups is 2. The van der Waals surface area contributed by atoms with E-state index in [9.17, 15) is 18.4 Å². The summed E-state index contributed by atoms with van der Waals surface area (Å²) in [6.07, 6.45) is 1.28. The van der Waals surface area contributed by atoms with E-state index in [1.807, 2.05) is 0 Å². The van der Waals surface area contributed by atoms with E-state index in [2.05, 4.69) is 5.32 Å². The van der Waals surface area contributed by atoms with Gasteiger partial charge >= 0.3 is 5.97 Å². The fourth-order valence-corrected chi connectivity index (χ4v) is 3.04. The Morgan fingerprint density at radius 2 is 1.90 bits per heavy atom. The standard InChI is InChI=1S/C14H15F2NO3S/c15-14(16)21-11-4-2-1-3-10(11)17-12(18)8-5-6-9(7-8)13(19)20/h1-4,8-9,14H,5-7H2,(H,17,18)(H,19,20). The van der Waals surface area contributed by atoms with E-state index in [-0.39, 0.29) is 11.8 Å². The highest BCUT2D eigenvalue weighted by Crippen LogP contribution is 2.34. The molecule has 1 fully saturated rings. The second-order valence-corrected chi connectivity index (χ2v) is 5.94. The van der Waals surface area contributed by atoms with Crippen molar-refractivity contribution in [2.24, 2.45) is 11.8 Å². The lowest BCUT2D eigenvalue weighted by Crippen LogP contribution is -2.22. The Hall–Kier alpha value is -1.63. The second kappa shape index (κ2) is 6.89. The Balaban J connectivity index is 2.02. The van der Waals surface area contributed by atoms with Crippen LogP contribution in [0.4, 0.5) is 14.5 Å². The van der Waals surface area contributed by atoms with Crippen molar-refractivity contribution < 1.29 is 23.5 Å². The van der Waals surface area contributed by atoms with E-state index < -0.39 is 17.6 Å². The minimum Gasteiger partial charge on any atom is -0.481 e. The van der Waals surface area contributed by atoms with Crippen molar-refractivity contribution in [3.05, 3.63) is 24.3 Å². The third kappa shape index (κ3) is 4.17. The number of alkyl halides is 2. The van der Waals surface area contributed by atoms with Gasteiger partial charge in [-0.15, -0.1) is 0 Å². The molecule has 0 radical (unpaired) electrons. The maximum absolute atomic E-state index is 12.5. The molecule has 0 aliphatic heterocycles. The molecule has 1 aliphatic carbocycles. The van der Waals surface area contributed by atoms with E-state index >= 15 is 0 Å². The third-order valence-corrected chi connectivity index (χ3v) is 4.30. The minimum atomic E-state index is -2.56. The highest BCUT2D eigenvalue weighted by atomic mass is 32.2. The average molecular weight is 315 g/mol. The number of nitrogens with one attached hydrogen (secondary N) is 1. The molecule has 114 valence electrons. The highest BCUT2D eigenvalue weighted by Gasteiger charge is 2.34. The second-order valence-electron chi connectivity index (χ2n) is 4.91. The molecule has 2 rings (SSSR count). The van der Waals surface area contributed by atoms with Gasteiger partial charge in [-0.25, -0.2) is 0 Å². The van der Waals surface area contributed by atoms with Crippen LogP contribution < -0.4 is 5.32 Å². The molecule has 0 spiro atoms. The number of aliphatic carboxylic acids is 1. The lowest BCUT2D eigenvalue weighted by Gasteiger charge is -2.13. The molecule has 0 saturated heterocycles. The van der Waals surface area contributed by atoms with E-state index in [4.69, 9.17) is 5.11 Å². The summed E-state index contributed by atoms with van der Waals surface area (Å²) in [5.41, 5.74) is 0.339. The summed E-state index contributed by atoms with van der Waals surface area (Å²) < 4.78 is 24.9. The van der Waals surface area contributed by atoms with Crippen LogP contribution in [0, 0.1) is 11.8 Å². The number of para-hydroxylation sites is 1. The Kier molecular flexibility index (Phi) is 5.17. The molecular formula is C14H15F2NO3S. The van der Waals surface area contributed by atoms with Crippen LogP contribution in [-0.2, 0) is 9.59 Å². The maximum atomic E-state index is 12.5. The molecule has 1 saturated carbocycles. The van der Waals surface area contributed by atoms with Crippen LogP contribution in [0.5, 0.6) is 0 Å². The number of halogens is 2. The zero-order valence-corrected chi connectivity index (χ0v) is 11.9. The number of anilines is 1. The molecule has 0 aromatic heterocycles. The number of amides is 1. The Bertz CT molecular complexity index is 539. The van der Waals surface area contributed by atoms with Gasteiger partial charge in [0.15, 0.2) is 0 Å². The molecule has 2 atom stereocenters. The van der Waals surface area contributed by atoms with Crippen LogP contribution in [0.3, 0.4) is 0 Å². The van der Waals surface area contributed by atoms with Crippen LogP contribution in [0.1, 0.15) is 19.3 Å². The van der Waals surface area contributed by atoms with Crippen molar-refractivity contribution in [3.8, 4) is 0 Å². The first kappa shape index (κ1) is 15.8. The molecular weight excluding hydrogens is 300 g/mol. The summed E-state index contributed by atoms with van der Waals surface area (Å²) in [7, 11) is 0. The molecule has 1 aromatic rings. The Labute approximate surface area is 124 Å². The average Bonchev–Trinajstić information content (AvgIpc) is 2.90. The molecule has 1 aliphatic rings. The number of carbonyl (C=O) groups excluding carboxylic acids is 1. The first-order valence-corrected chi connectivity index (χ1v) is 7.43. The number of carboxylic acids is 1. The molecule has 7 heteroatoms. The molecule has 0 bridgehead atoms. The predicted molar refractivity (Wildman–Crippen MR) is 75.4 cm³/mol. The SMILES string of the molecule is O=C(O)C1CCC(C(=O)Nc2ccccc2SC(F)F)C1. The zero-order chi connectivity index (χ0) is 15.4. The minimum absolute atomic E-state index is 0.297. The molecule has 2 unspecified atom stereocenters. The van der Waals surface area contributed by atoms with Crippen LogP contribution in [0.25, 0.3) is 0 Å². The predicted octanol–water partition coefficient (Wildman–Crippen LogP) is 3.44. The fraction of sp³-hybridized carbons (Fsp3) is 0.429. The van der Waals surface area contributed by atoms with Gasteiger partial charge in [0.05, 0.1) is 11.6 Å².